The molecule has 38 heavy (non-hydrogen) atoms. The predicted molar refractivity (Wildman–Crippen MR) is 133 cm³/mol. The SMILES string of the molecule is C=CC(=O)OCCCCOc1ccc(C(=O)Oc2ccc(OC(=O)c3ccccc3SOO[O-])cc2)cc1. The van der Waals surface area contributed by atoms with E-state index in [1.807, 2.05) is 0 Å². The minimum absolute atomic E-state index is 0.173. The molecule has 0 radical (unpaired) electrons. The highest BCUT2D eigenvalue weighted by Gasteiger charge is 2.15. The van der Waals surface area contributed by atoms with Gasteiger partial charge in [0.25, 0.3) is 0 Å². The van der Waals surface area contributed by atoms with E-state index in [1.165, 1.54) is 30.3 Å². The summed E-state index contributed by atoms with van der Waals surface area (Å²) in [4.78, 5) is 36.3. The first-order valence-corrected chi connectivity index (χ1v) is 12.0. The maximum absolute atomic E-state index is 12.5. The van der Waals surface area contributed by atoms with Gasteiger partial charge in [0.1, 0.15) is 17.2 Å². The monoisotopic (exact) mass is 539 g/mol. The number of esters is 3. The van der Waals surface area contributed by atoms with E-state index >= 15 is 0 Å². The summed E-state index contributed by atoms with van der Waals surface area (Å²) in [5.74, 6) is -0.643. The molecule has 0 heterocycles. The number of carbonyl (C=O) groups is 3. The summed E-state index contributed by atoms with van der Waals surface area (Å²) in [6.45, 7) is 4.05. The minimum Gasteiger partial charge on any atom is -0.691 e. The molecule has 0 unspecified atom stereocenters. The average Bonchev–Trinajstić information content (AvgIpc) is 2.95. The van der Waals surface area contributed by atoms with E-state index in [4.69, 9.17) is 18.9 Å². The van der Waals surface area contributed by atoms with Crippen LogP contribution in [0.25, 0.3) is 0 Å². The number of carbonyl (C=O) groups excluding carboxylic acids is 3. The molecule has 0 N–H and O–H groups in total. The largest absolute Gasteiger partial charge is 0.691 e. The van der Waals surface area contributed by atoms with Gasteiger partial charge in [-0.05, 0) is 73.5 Å². The van der Waals surface area contributed by atoms with Crippen LogP contribution in [0.5, 0.6) is 17.2 Å². The quantitative estimate of drug-likeness (QED) is 0.0554. The molecule has 3 rings (SSSR count). The normalized spacial score (nSPS) is 10.3. The highest BCUT2D eigenvalue weighted by molar-refractivity contribution is 7.94. The lowest BCUT2D eigenvalue weighted by molar-refractivity contribution is -0.777. The summed E-state index contributed by atoms with van der Waals surface area (Å²) in [5.41, 5.74) is 0.495. The summed E-state index contributed by atoms with van der Waals surface area (Å²) in [5, 5.41) is 13.4. The van der Waals surface area contributed by atoms with Crippen molar-refractivity contribution < 1.29 is 48.0 Å². The third-order valence-corrected chi connectivity index (χ3v) is 5.47. The maximum atomic E-state index is 12.5. The van der Waals surface area contributed by atoms with Crippen molar-refractivity contribution in [1.29, 1.82) is 0 Å². The lowest BCUT2D eigenvalue weighted by atomic mass is 10.2. The van der Waals surface area contributed by atoms with Gasteiger partial charge in [0.05, 0.1) is 41.3 Å². The van der Waals surface area contributed by atoms with Crippen LogP contribution in [0, 0.1) is 0 Å². The Kier molecular flexibility index (Phi) is 11.3. The van der Waals surface area contributed by atoms with Crippen LogP contribution in [0.15, 0.2) is 90.3 Å². The molecule has 3 aromatic rings. The van der Waals surface area contributed by atoms with Crippen molar-refractivity contribution in [3.8, 4) is 17.2 Å². The lowest BCUT2D eigenvalue weighted by Crippen LogP contribution is -2.11. The van der Waals surface area contributed by atoms with Gasteiger partial charge in [0.15, 0.2) is 0 Å². The van der Waals surface area contributed by atoms with Crippen molar-refractivity contribution in [3.05, 3.63) is 96.6 Å². The van der Waals surface area contributed by atoms with Crippen LogP contribution < -0.4 is 19.5 Å². The Balaban J connectivity index is 1.46. The van der Waals surface area contributed by atoms with Crippen molar-refractivity contribution in [1.82, 2.24) is 0 Å². The summed E-state index contributed by atoms with van der Waals surface area (Å²) in [7, 11) is 0. The fourth-order valence-corrected chi connectivity index (χ4v) is 3.45. The Morgan fingerprint density at radius 3 is 2.05 bits per heavy atom. The van der Waals surface area contributed by atoms with Crippen molar-refractivity contribution in [2.45, 2.75) is 17.7 Å². The van der Waals surface area contributed by atoms with Gasteiger partial charge in [-0.2, -0.15) is 4.33 Å². The molecule has 198 valence electrons. The molecule has 0 aliphatic heterocycles. The van der Waals surface area contributed by atoms with Crippen LogP contribution in [0.2, 0.25) is 0 Å². The first-order chi connectivity index (χ1) is 18.5. The van der Waals surface area contributed by atoms with Crippen LogP contribution >= 0.6 is 12.0 Å². The highest BCUT2D eigenvalue weighted by atomic mass is 32.2. The van der Waals surface area contributed by atoms with Crippen LogP contribution in [-0.4, -0.2) is 31.1 Å². The van der Waals surface area contributed by atoms with E-state index < -0.39 is 17.9 Å². The second-order valence-corrected chi connectivity index (χ2v) is 8.16. The second kappa shape index (κ2) is 15.2. The van der Waals surface area contributed by atoms with Gasteiger partial charge in [-0.1, -0.05) is 18.7 Å². The van der Waals surface area contributed by atoms with E-state index in [1.54, 1.807) is 42.5 Å². The zero-order chi connectivity index (χ0) is 27.2. The second-order valence-electron chi connectivity index (χ2n) is 7.42. The molecule has 11 heteroatoms. The molecule has 0 aliphatic carbocycles. The average molecular weight is 540 g/mol. The summed E-state index contributed by atoms with van der Waals surface area (Å²) < 4.78 is 25.5. The number of rotatable bonds is 14. The lowest BCUT2D eigenvalue weighted by Gasteiger charge is -2.10. The minimum atomic E-state index is -0.675. The molecule has 3 aromatic carbocycles. The molecular weight excluding hydrogens is 516 g/mol. The number of unbranched alkanes of at least 4 members (excludes halogenated alkanes) is 1. The van der Waals surface area contributed by atoms with E-state index in [9.17, 15) is 19.6 Å². The molecule has 10 nitrogen and oxygen atoms in total. The van der Waals surface area contributed by atoms with Crippen LogP contribution in [-0.2, 0) is 18.9 Å². The molecule has 0 saturated heterocycles. The zero-order valence-electron chi connectivity index (χ0n) is 20.0. The predicted octanol–water partition coefficient (Wildman–Crippen LogP) is 4.24. The fourth-order valence-electron chi connectivity index (χ4n) is 2.98. The smallest absolute Gasteiger partial charge is 0.344 e. The number of benzene rings is 3. The third kappa shape index (κ3) is 9.05. The van der Waals surface area contributed by atoms with Crippen molar-refractivity contribution in [2.75, 3.05) is 13.2 Å². The van der Waals surface area contributed by atoms with Crippen molar-refractivity contribution >= 4 is 30.0 Å². The van der Waals surface area contributed by atoms with Crippen LogP contribution in [0.3, 0.4) is 0 Å². The van der Waals surface area contributed by atoms with Gasteiger partial charge in [0.2, 0.25) is 0 Å². The van der Waals surface area contributed by atoms with Gasteiger partial charge in [0, 0.05) is 6.08 Å². The summed E-state index contributed by atoms with van der Waals surface area (Å²) in [6.07, 6.45) is 2.46. The molecule has 0 fully saturated rings. The standard InChI is InChI=1S/C27H24O10S/c1-2-25(28)33-18-6-5-17-32-20-11-9-19(10-12-20)26(29)34-21-13-15-22(16-14-21)35-27(30)23-7-3-4-8-24(23)38-37-36-31/h2-4,7-16,31H,1,5-6,17-18H2/p-1. The summed E-state index contributed by atoms with van der Waals surface area (Å²) >= 11 is 0.583. The van der Waals surface area contributed by atoms with Crippen molar-refractivity contribution in [2.24, 2.45) is 0 Å². The van der Waals surface area contributed by atoms with Crippen molar-refractivity contribution in [3.63, 3.8) is 0 Å². The molecule has 0 bridgehead atoms. The van der Waals surface area contributed by atoms with Gasteiger partial charge in [-0.15, -0.1) is 0 Å². The summed E-state index contributed by atoms with van der Waals surface area (Å²) in [6, 6.07) is 18.8. The van der Waals surface area contributed by atoms with Gasteiger partial charge in [-0.25, -0.2) is 14.4 Å². The van der Waals surface area contributed by atoms with E-state index in [2.05, 4.69) is 16.0 Å². The van der Waals surface area contributed by atoms with Crippen LogP contribution in [0.4, 0.5) is 0 Å². The maximum Gasteiger partial charge on any atom is 0.344 e. The first-order valence-electron chi connectivity index (χ1n) is 11.3. The number of hydrogen-bond donors (Lipinski definition) is 0. The fraction of sp³-hybridized carbons (Fsp3) is 0.148. The number of hydrogen-bond acceptors (Lipinski definition) is 11. The molecule has 0 saturated carbocycles. The molecule has 0 atom stereocenters. The molecule has 0 amide bonds. The first kappa shape index (κ1) is 28.4. The zero-order valence-corrected chi connectivity index (χ0v) is 20.8. The third-order valence-electron chi connectivity index (χ3n) is 4.81. The van der Waals surface area contributed by atoms with E-state index in [-0.39, 0.29) is 17.1 Å². The van der Waals surface area contributed by atoms with Gasteiger partial charge < -0.3 is 24.2 Å². The Morgan fingerprint density at radius 2 is 1.39 bits per heavy atom. The highest BCUT2D eigenvalue weighted by Crippen LogP contribution is 2.26. The Labute approximate surface area is 222 Å². The molecule has 0 aromatic heterocycles. The van der Waals surface area contributed by atoms with E-state index in [0.717, 1.165) is 6.08 Å². The molecule has 0 spiro atoms. The topological polar surface area (TPSA) is 130 Å². The van der Waals surface area contributed by atoms with E-state index in [0.29, 0.717) is 54.3 Å². The number of ether oxygens (including phenoxy) is 4. The Hall–Kier alpha value is -4.16. The Morgan fingerprint density at radius 1 is 0.789 bits per heavy atom. The molecule has 0 aliphatic rings. The van der Waals surface area contributed by atoms with Gasteiger partial charge >= 0.3 is 17.9 Å². The van der Waals surface area contributed by atoms with Gasteiger partial charge in [-0.3, -0.25) is 5.04 Å². The van der Waals surface area contributed by atoms with Crippen LogP contribution in [0.1, 0.15) is 33.6 Å². The molecular formula is C27H23O10S-. The Bertz CT molecular complexity index is 1230.